The molecule has 0 amide bonds. The van der Waals surface area contributed by atoms with E-state index in [1.165, 1.54) is 11.3 Å². The first kappa shape index (κ1) is 27.4. The number of aromatic nitrogens is 1. The van der Waals surface area contributed by atoms with Crippen molar-refractivity contribution in [2.45, 2.75) is 45.7 Å². The molecule has 1 aliphatic carbocycles. The van der Waals surface area contributed by atoms with Crippen molar-refractivity contribution in [3.05, 3.63) is 102 Å². The number of hydrogen-bond acceptors (Lipinski definition) is 4. The summed E-state index contributed by atoms with van der Waals surface area (Å²) >= 11 is 20.1. The number of hydrogen-bond donors (Lipinski definition) is 0. The summed E-state index contributed by atoms with van der Waals surface area (Å²) in [5, 5.41) is 14.8. The molecule has 1 unspecified atom stereocenters. The Bertz CT molecular complexity index is 1590. The zero-order valence-corrected chi connectivity index (χ0v) is 24.9. The molecule has 0 N–H and O–H groups in total. The third-order valence-electron chi connectivity index (χ3n) is 8.60. The quantitative estimate of drug-likeness (QED) is 0.174. The molecule has 0 bridgehead atoms. The molecule has 1 fully saturated rings. The Morgan fingerprint density at radius 2 is 1.65 bits per heavy atom. The molecule has 2 aliphatic rings. The van der Waals surface area contributed by atoms with Crippen LogP contribution in [0.5, 0.6) is 0 Å². The van der Waals surface area contributed by atoms with Gasteiger partial charge in [-0.1, -0.05) is 58.6 Å². The highest BCUT2D eigenvalue weighted by Crippen LogP contribution is 2.44. The van der Waals surface area contributed by atoms with E-state index in [0.717, 1.165) is 67.6 Å². The van der Waals surface area contributed by atoms with Gasteiger partial charge >= 0.3 is 0 Å². The second-order valence-corrected chi connectivity index (χ2v) is 12.2. The van der Waals surface area contributed by atoms with Crippen molar-refractivity contribution in [3.63, 3.8) is 0 Å². The lowest BCUT2D eigenvalue weighted by Crippen LogP contribution is -2.51. The van der Waals surface area contributed by atoms with Crippen molar-refractivity contribution in [2.75, 3.05) is 31.1 Å². The molecule has 6 rings (SSSR count). The molecule has 0 radical (unpaired) electrons. The molecule has 0 saturated carbocycles. The standard InChI is InChI=1S/C31H31Cl3N4O2/c1-19-6-8-21(9-7-19)35-12-14-36(15-13-35)22-10-11-27-23(17-22)29-30(34)20(2)16-28(38(39)40)31(29)37(27)18-24-25(32)4-3-5-26(24)33/h3-9,16,22H,10-15,17-18H2,1-2H3. The van der Waals surface area contributed by atoms with Crippen LogP contribution in [0.25, 0.3) is 10.9 Å². The molecule has 9 heteroatoms. The molecule has 1 aromatic heterocycles. The highest BCUT2D eigenvalue weighted by molar-refractivity contribution is 6.37. The van der Waals surface area contributed by atoms with E-state index in [9.17, 15) is 10.1 Å². The first-order valence-electron chi connectivity index (χ1n) is 13.7. The van der Waals surface area contributed by atoms with Crippen LogP contribution in [-0.2, 0) is 19.4 Å². The highest BCUT2D eigenvalue weighted by atomic mass is 35.5. The smallest absolute Gasteiger partial charge is 0.293 e. The van der Waals surface area contributed by atoms with Gasteiger partial charge in [0.05, 0.1) is 16.5 Å². The molecule has 2 heterocycles. The fourth-order valence-corrected chi connectivity index (χ4v) is 7.25. The summed E-state index contributed by atoms with van der Waals surface area (Å²) in [4.78, 5) is 17.0. The Hall–Kier alpha value is -2.77. The van der Waals surface area contributed by atoms with Crippen LogP contribution in [0.2, 0.25) is 15.1 Å². The van der Waals surface area contributed by atoms with Gasteiger partial charge in [0.1, 0.15) is 5.52 Å². The number of non-ortho nitro benzene ring substituents is 1. The Morgan fingerprint density at radius 1 is 0.975 bits per heavy atom. The van der Waals surface area contributed by atoms with Gasteiger partial charge in [-0.2, -0.15) is 0 Å². The predicted molar refractivity (Wildman–Crippen MR) is 165 cm³/mol. The minimum absolute atomic E-state index is 0.0674. The van der Waals surface area contributed by atoms with Crippen molar-refractivity contribution >= 4 is 57.1 Å². The molecule has 40 heavy (non-hydrogen) atoms. The number of anilines is 1. The zero-order valence-electron chi connectivity index (χ0n) is 22.6. The second kappa shape index (κ2) is 10.9. The maximum Gasteiger partial charge on any atom is 0.293 e. The Kier molecular flexibility index (Phi) is 7.47. The molecular formula is C31H31Cl3N4O2. The number of piperazine rings is 1. The van der Waals surface area contributed by atoms with Gasteiger partial charge in [0.2, 0.25) is 0 Å². The molecule has 6 nitrogen and oxygen atoms in total. The summed E-state index contributed by atoms with van der Waals surface area (Å²) in [6.45, 7) is 8.22. The van der Waals surface area contributed by atoms with E-state index in [1.807, 2.05) is 17.6 Å². The first-order chi connectivity index (χ1) is 19.2. The third-order valence-corrected chi connectivity index (χ3v) is 9.80. The lowest BCUT2D eigenvalue weighted by Gasteiger charge is -2.41. The second-order valence-electron chi connectivity index (χ2n) is 11.0. The Morgan fingerprint density at radius 3 is 2.30 bits per heavy atom. The van der Waals surface area contributed by atoms with E-state index in [0.29, 0.717) is 38.7 Å². The molecule has 4 aromatic rings. The monoisotopic (exact) mass is 596 g/mol. The summed E-state index contributed by atoms with van der Waals surface area (Å²) in [6, 6.07) is 16.1. The van der Waals surface area contributed by atoms with Gasteiger partial charge in [-0.05, 0) is 68.5 Å². The van der Waals surface area contributed by atoms with Crippen LogP contribution in [0.3, 0.4) is 0 Å². The minimum Gasteiger partial charge on any atom is -0.369 e. The van der Waals surface area contributed by atoms with Crippen molar-refractivity contribution < 1.29 is 4.92 Å². The van der Waals surface area contributed by atoms with E-state index >= 15 is 0 Å². The number of aryl methyl sites for hydroxylation is 2. The van der Waals surface area contributed by atoms with Crippen molar-refractivity contribution in [2.24, 2.45) is 0 Å². The fourth-order valence-electron chi connectivity index (χ4n) is 6.47. The van der Waals surface area contributed by atoms with Crippen LogP contribution in [0, 0.1) is 24.0 Å². The highest BCUT2D eigenvalue weighted by Gasteiger charge is 2.34. The topological polar surface area (TPSA) is 54.6 Å². The van der Waals surface area contributed by atoms with Crippen LogP contribution < -0.4 is 4.90 Å². The number of fused-ring (bicyclic) bond motifs is 3. The predicted octanol–water partition coefficient (Wildman–Crippen LogP) is 7.85. The summed E-state index contributed by atoms with van der Waals surface area (Å²) in [6.07, 6.45) is 2.59. The SMILES string of the molecule is Cc1ccc(N2CCN(C3CCc4c(c5c(Cl)c(C)cc([N+](=O)[O-])c5n4Cc4c(Cl)cccc4Cl)C3)CC2)cc1. The summed E-state index contributed by atoms with van der Waals surface area (Å²) in [7, 11) is 0. The van der Waals surface area contributed by atoms with Crippen molar-refractivity contribution in [1.29, 1.82) is 0 Å². The van der Waals surface area contributed by atoms with Crippen LogP contribution >= 0.6 is 34.8 Å². The number of rotatable bonds is 5. The Labute approximate surface area is 249 Å². The summed E-state index contributed by atoms with van der Waals surface area (Å²) < 4.78 is 2.05. The Balaban J connectivity index is 1.36. The number of halogens is 3. The van der Waals surface area contributed by atoms with E-state index < -0.39 is 0 Å². The lowest BCUT2D eigenvalue weighted by atomic mass is 9.89. The molecule has 208 valence electrons. The maximum atomic E-state index is 12.3. The van der Waals surface area contributed by atoms with Crippen LogP contribution in [0.1, 0.15) is 34.4 Å². The number of nitro benzene ring substituents is 1. The molecule has 1 atom stereocenters. The number of nitrogens with zero attached hydrogens (tertiary/aromatic N) is 4. The van der Waals surface area contributed by atoms with Crippen LogP contribution in [0.4, 0.5) is 11.4 Å². The lowest BCUT2D eigenvalue weighted by molar-refractivity contribution is -0.383. The van der Waals surface area contributed by atoms with Gasteiger partial charge in [-0.15, -0.1) is 0 Å². The largest absolute Gasteiger partial charge is 0.369 e. The van der Waals surface area contributed by atoms with E-state index in [2.05, 4.69) is 41.0 Å². The first-order valence-corrected chi connectivity index (χ1v) is 14.8. The molecular weight excluding hydrogens is 567 g/mol. The summed E-state index contributed by atoms with van der Waals surface area (Å²) in [5.41, 5.74) is 6.85. The normalized spacial score (nSPS) is 17.8. The van der Waals surface area contributed by atoms with Crippen molar-refractivity contribution in [3.8, 4) is 0 Å². The summed E-state index contributed by atoms with van der Waals surface area (Å²) in [5.74, 6) is 0. The molecule has 1 aliphatic heterocycles. The van der Waals surface area contributed by atoms with E-state index in [-0.39, 0.29) is 10.6 Å². The van der Waals surface area contributed by atoms with Crippen LogP contribution in [-0.4, -0.2) is 46.6 Å². The zero-order chi connectivity index (χ0) is 28.1. The molecule has 0 spiro atoms. The van der Waals surface area contributed by atoms with Gasteiger partial charge in [-0.3, -0.25) is 15.0 Å². The average molecular weight is 598 g/mol. The average Bonchev–Trinajstić information content (AvgIpc) is 3.26. The number of benzene rings is 3. The van der Waals surface area contributed by atoms with Gasteiger partial charge < -0.3 is 9.47 Å². The van der Waals surface area contributed by atoms with Gasteiger partial charge in [0.15, 0.2) is 0 Å². The molecule has 1 saturated heterocycles. The van der Waals surface area contributed by atoms with Gasteiger partial charge in [-0.25, -0.2) is 0 Å². The fraction of sp³-hybridized carbons (Fsp3) is 0.355. The van der Waals surface area contributed by atoms with E-state index in [4.69, 9.17) is 34.8 Å². The maximum absolute atomic E-state index is 12.3. The van der Waals surface area contributed by atoms with Gasteiger partial charge in [0.25, 0.3) is 5.69 Å². The van der Waals surface area contributed by atoms with E-state index in [1.54, 1.807) is 18.2 Å². The third kappa shape index (κ3) is 4.85. The number of nitro groups is 1. The minimum atomic E-state index is -0.302. The van der Waals surface area contributed by atoms with Gasteiger partial charge in [0, 0.05) is 70.7 Å². The van der Waals surface area contributed by atoms with Crippen molar-refractivity contribution in [1.82, 2.24) is 9.47 Å². The molecule has 3 aromatic carbocycles. The van der Waals surface area contributed by atoms with Crippen LogP contribution in [0.15, 0.2) is 48.5 Å².